The molecule has 0 aliphatic carbocycles. The second-order valence-electron chi connectivity index (χ2n) is 7.38. The molecule has 1 aromatic heterocycles. The summed E-state index contributed by atoms with van der Waals surface area (Å²) in [5.41, 5.74) is 2.07. The number of ether oxygens (including phenoxy) is 1. The van der Waals surface area contributed by atoms with E-state index in [-0.39, 0.29) is 17.6 Å². The molecule has 0 unspecified atom stereocenters. The van der Waals surface area contributed by atoms with Gasteiger partial charge in [0.15, 0.2) is 5.82 Å². The first-order chi connectivity index (χ1) is 15.0. The predicted molar refractivity (Wildman–Crippen MR) is 119 cm³/mol. The van der Waals surface area contributed by atoms with Crippen molar-refractivity contribution in [3.63, 3.8) is 0 Å². The summed E-state index contributed by atoms with van der Waals surface area (Å²) in [6, 6.07) is 15.1. The Bertz CT molecular complexity index is 1050. The molecule has 160 valence electrons. The van der Waals surface area contributed by atoms with Crippen molar-refractivity contribution in [3.05, 3.63) is 65.4 Å². The molecule has 4 rings (SSSR count). The summed E-state index contributed by atoms with van der Waals surface area (Å²) in [5, 5.41) is 12.1. The highest BCUT2D eigenvalue weighted by Crippen LogP contribution is 2.30. The smallest absolute Gasteiger partial charge is 0.227 e. The number of carbonyl (C=O) groups is 1. The molecule has 0 atom stereocenters. The van der Waals surface area contributed by atoms with Gasteiger partial charge in [0.05, 0.1) is 18.5 Å². The van der Waals surface area contributed by atoms with Gasteiger partial charge < -0.3 is 15.0 Å². The van der Waals surface area contributed by atoms with Crippen molar-refractivity contribution in [2.75, 3.05) is 30.4 Å². The molecular formula is C23H22ClFN4O2. The summed E-state index contributed by atoms with van der Waals surface area (Å²) in [7, 11) is 1.56. The van der Waals surface area contributed by atoms with E-state index < -0.39 is 0 Å². The van der Waals surface area contributed by atoms with Crippen LogP contribution in [0.25, 0.3) is 11.3 Å². The molecule has 3 aromatic rings. The standard InChI is InChI=1S/C23H22ClFN4O2/c1-31-21-8-4-17(24)14-20(21)26-23(30)16-10-12-29(13-11-16)22-9-7-19(27-28-22)15-2-5-18(25)6-3-15/h2-9,14,16H,10-13H2,1H3,(H,26,30). The van der Waals surface area contributed by atoms with Gasteiger partial charge in [-0.1, -0.05) is 11.6 Å². The number of aromatic nitrogens is 2. The number of hydrogen-bond acceptors (Lipinski definition) is 5. The molecule has 0 bridgehead atoms. The van der Waals surface area contributed by atoms with Crippen LogP contribution in [0.4, 0.5) is 15.9 Å². The van der Waals surface area contributed by atoms with Crippen molar-refractivity contribution in [1.82, 2.24) is 10.2 Å². The summed E-state index contributed by atoms with van der Waals surface area (Å²) in [6.45, 7) is 1.41. The molecule has 0 saturated carbocycles. The van der Waals surface area contributed by atoms with Crippen LogP contribution in [-0.4, -0.2) is 36.3 Å². The molecule has 1 N–H and O–H groups in total. The lowest BCUT2D eigenvalue weighted by Gasteiger charge is -2.32. The zero-order valence-corrected chi connectivity index (χ0v) is 17.8. The Morgan fingerprint density at radius 3 is 2.48 bits per heavy atom. The lowest BCUT2D eigenvalue weighted by Crippen LogP contribution is -2.38. The van der Waals surface area contributed by atoms with Crippen LogP contribution >= 0.6 is 11.6 Å². The number of amides is 1. The van der Waals surface area contributed by atoms with Crippen LogP contribution in [0.2, 0.25) is 5.02 Å². The van der Waals surface area contributed by atoms with E-state index in [1.165, 1.54) is 12.1 Å². The Morgan fingerprint density at radius 2 is 1.84 bits per heavy atom. The molecule has 0 radical (unpaired) electrons. The summed E-state index contributed by atoms with van der Waals surface area (Å²) < 4.78 is 18.4. The number of carbonyl (C=O) groups excluding carboxylic acids is 1. The quantitative estimate of drug-likeness (QED) is 0.617. The van der Waals surface area contributed by atoms with Gasteiger partial charge in [0, 0.05) is 29.6 Å². The monoisotopic (exact) mass is 440 g/mol. The summed E-state index contributed by atoms with van der Waals surface area (Å²) >= 11 is 6.04. The van der Waals surface area contributed by atoms with Gasteiger partial charge in [0.2, 0.25) is 5.91 Å². The number of halogens is 2. The van der Waals surface area contributed by atoms with E-state index in [1.54, 1.807) is 37.4 Å². The minimum absolute atomic E-state index is 0.0436. The lowest BCUT2D eigenvalue weighted by molar-refractivity contribution is -0.120. The fourth-order valence-corrected chi connectivity index (χ4v) is 3.82. The molecule has 1 aliphatic heterocycles. The Labute approximate surface area is 185 Å². The second-order valence-corrected chi connectivity index (χ2v) is 7.82. The van der Waals surface area contributed by atoms with Gasteiger partial charge >= 0.3 is 0 Å². The molecule has 1 saturated heterocycles. The van der Waals surface area contributed by atoms with Gasteiger partial charge in [-0.2, -0.15) is 0 Å². The van der Waals surface area contributed by atoms with E-state index in [4.69, 9.17) is 16.3 Å². The largest absolute Gasteiger partial charge is 0.495 e. The maximum atomic E-state index is 13.1. The Hall–Kier alpha value is -3.19. The van der Waals surface area contributed by atoms with Crippen molar-refractivity contribution in [1.29, 1.82) is 0 Å². The topological polar surface area (TPSA) is 67.3 Å². The van der Waals surface area contributed by atoms with Gasteiger partial charge in [-0.15, -0.1) is 10.2 Å². The fourth-order valence-electron chi connectivity index (χ4n) is 3.65. The maximum absolute atomic E-state index is 13.1. The number of nitrogens with one attached hydrogen (secondary N) is 1. The van der Waals surface area contributed by atoms with Gasteiger partial charge in [-0.05, 0) is 67.4 Å². The third-order valence-corrected chi connectivity index (χ3v) is 5.63. The van der Waals surface area contributed by atoms with Crippen LogP contribution < -0.4 is 15.0 Å². The van der Waals surface area contributed by atoms with Crippen LogP contribution in [0.5, 0.6) is 5.75 Å². The highest BCUT2D eigenvalue weighted by Gasteiger charge is 2.26. The molecule has 1 aliphatic rings. The van der Waals surface area contributed by atoms with Crippen LogP contribution in [0.1, 0.15) is 12.8 Å². The zero-order valence-electron chi connectivity index (χ0n) is 17.0. The van der Waals surface area contributed by atoms with Crippen LogP contribution in [0.3, 0.4) is 0 Å². The number of anilines is 2. The summed E-state index contributed by atoms with van der Waals surface area (Å²) in [5.74, 6) is 0.909. The molecular weight excluding hydrogens is 419 g/mol. The number of nitrogens with zero attached hydrogens (tertiary/aromatic N) is 3. The van der Waals surface area contributed by atoms with Gasteiger partial charge in [-0.25, -0.2) is 4.39 Å². The van der Waals surface area contributed by atoms with Crippen LogP contribution in [-0.2, 0) is 4.79 Å². The van der Waals surface area contributed by atoms with Gasteiger partial charge in [0.1, 0.15) is 11.6 Å². The zero-order chi connectivity index (χ0) is 21.8. The third-order valence-electron chi connectivity index (χ3n) is 5.40. The molecule has 6 nitrogen and oxygen atoms in total. The number of rotatable bonds is 5. The van der Waals surface area contributed by atoms with Crippen LogP contribution in [0.15, 0.2) is 54.6 Å². The van der Waals surface area contributed by atoms with Crippen molar-refractivity contribution in [3.8, 4) is 17.0 Å². The first-order valence-corrected chi connectivity index (χ1v) is 10.4. The molecule has 0 spiro atoms. The SMILES string of the molecule is COc1ccc(Cl)cc1NC(=O)C1CCN(c2ccc(-c3ccc(F)cc3)nn2)CC1. The first-order valence-electron chi connectivity index (χ1n) is 10.0. The molecule has 1 amide bonds. The third kappa shape index (κ3) is 4.94. The van der Waals surface area contributed by atoms with E-state index >= 15 is 0 Å². The van der Waals surface area contributed by atoms with E-state index in [0.717, 1.165) is 11.4 Å². The fraction of sp³-hybridized carbons (Fsp3) is 0.261. The van der Waals surface area contributed by atoms with E-state index in [2.05, 4.69) is 20.4 Å². The molecule has 31 heavy (non-hydrogen) atoms. The lowest BCUT2D eigenvalue weighted by atomic mass is 9.95. The highest BCUT2D eigenvalue weighted by molar-refractivity contribution is 6.31. The van der Waals surface area contributed by atoms with Crippen molar-refractivity contribution >= 4 is 29.0 Å². The van der Waals surface area contributed by atoms with Gasteiger partial charge in [0.25, 0.3) is 0 Å². The normalized spacial score (nSPS) is 14.4. The van der Waals surface area contributed by atoms with Gasteiger partial charge in [-0.3, -0.25) is 4.79 Å². The van der Waals surface area contributed by atoms with E-state index in [9.17, 15) is 9.18 Å². The Balaban J connectivity index is 1.35. The Morgan fingerprint density at radius 1 is 1.10 bits per heavy atom. The summed E-state index contributed by atoms with van der Waals surface area (Å²) in [6.07, 6.45) is 1.41. The highest BCUT2D eigenvalue weighted by atomic mass is 35.5. The van der Waals surface area contributed by atoms with Crippen LogP contribution in [0, 0.1) is 11.7 Å². The molecule has 2 aromatic carbocycles. The second kappa shape index (κ2) is 9.31. The van der Waals surface area contributed by atoms with Crippen molar-refractivity contribution < 1.29 is 13.9 Å². The average molecular weight is 441 g/mol. The average Bonchev–Trinajstić information content (AvgIpc) is 2.80. The number of benzene rings is 2. The minimum Gasteiger partial charge on any atom is -0.495 e. The number of piperidine rings is 1. The Kier molecular flexibility index (Phi) is 6.32. The first kappa shape index (κ1) is 21.1. The van der Waals surface area contributed by atoms with Crippen molar-refractivity contribution in [2.24, 2.45) is 5.92 Å². The molecule has 1 fully saturated rings. The van der Waals surface area contributed by atoms with E-state index in [0.29, 0.717) is 48.1 Å². The molecule has 8 heteroatoms. The maximum Gasteiger partial charge on any atom is 0.227 e. The molecule has 2 heterocycles. The van der Waals surface area contributed by atoms with Crippen molar-refractivity contribution in [2.45, 2.75) is 12.8 Å². The number of hydrogen-bond donors (Lipinski definition) is 1. The summed E-state index contributed by atoms with van der Waals surface area (Å²) in [4.78, 5) is 14.8. The minimum atomic E-state index is -0.283. The predicted octanol–water partition coefficient (Wildman–Crippen LogP) is 4.80. The van der Waals surface area contributed by atoms with E-state index in [1.807, 2.05) is 12.1 Å². The number of methoxy groups -OCH3 is 1.